The standard InChI is InChI=1S/C61H72N2O8/c1-2-35-68-61-56(63(57(66)32-27-42-16-3-4-17-42)41-47-23-15-22-44-19-7-8-24-50(44)47)40-54(62-71-58-26-11-14-36-67-58)52-38-46(21-9-12-33-64)51(25-10-13-34-65)59(60(52)61)53-39-49(30-31-55(53)70-61)69-48-29-28-43-18-5-6-20-45(43)37-48/h2,5-8,15,18-20,22-24,28-31,37-39,42,46,51,56,58-60,64-65H,1,3-4,9-14,16-17,21,25-27,32-36,40-41H2/t46-,51+,56-,58?,59+,60+,61+/m0/s1. The van der Waals surface area contributed by atoms with Gasteiger partial charge >= 0.3 is 0 Å². The second-order valence-corrected chi connectivity index (χ2v) is 20.6. The summed E-state index contributed by atoms with van der Waals surface area (Å²) < 4.78 is 27.9. The van der Waals surface area contributed by atoms with Gasteiger partial charge < -0.3 is 38.9 Å². The number of oxime groups is 1. The van der Waals surface area contributed by atoms with E-state index in [0.717, 1.165) is 114 Å². The lowest BCUT2D eigenvalue weighted by atomic mass is 9.55. The lowest BCUT2D eigenvalue weighted by Gasteiger charge is -2.60. The Balaban J connectivity index is 1.16. The first kappa shape index (κ1) is 49.1. The van der Waals surface area contributed by atoms with Gasteiger partial charge in [0.1, 0.15) is 23.3 Å². The summed E-state index contributed by atoms with van der Waals surface area (Å²) in [6.45, 7) is 5.57. The van der Waals surface area contributed by atoms with E-state index in [0.29, 0.717) is 56.3 Å². The quantitative estimate of drug-likeness (QED) is 0.0424. The second-order valence-electron chi connectivity index (χ2n) is 20.6. The molecule has 2 N–H and O–H groups in total. The van der Waals surface area contributed by atoms with Gasteiger partial charge in [0.2, 0.25) is 18.0 Å². The van der Waals surface area contributed by atoms with E-state index >= 15 is 4.79 Å². The molecular formula is C61H72N2O8. The number of ether oxygens (including phenoxy) is 4. The lowest BCUT2D eigenvalue weighted by molar-refractivity contribution is -0.258. The highest BCUT2D eigenvalue weighted by molar-refractivity contribution is 6.03. The fourth-order valence-corrected chi connectivity index (χ4v) is 12.8. The molecule has 2 aliphatic heterocycles. The Morgan fingerprint density at radius 1 is 0.803 bits per heavy atom. The number of hydrogen-bond acceptors (Lipinski definition) is 9. The highest BCUT2D eigenvalue weighted by Gasteiger charge is 2.65. The van der Waals surface area contributed by atoms with Crippen molar-refractivity contribution in [2.24, 2.45) is 28.8 Å². The molecule has 2 saturated carbocycles. The van der Waals surface area contributed by atoms with Crippen molar-refractivity contribution in [3.63, 3.8) is 0 Å². The minimum atomic E-state index is -1.38. The normalized spacial score (nSPS) is 25.5. The van der Waals surface area contributed by atoms with E-state index in [-0.39, 0.29) is 43.5 Å². The number of carbonyl (C=O) groups excluding carboxylic acids is 1. The minimum Gasteiger partial charge on any atom is -0.459 e. The molecular weight excluding hydrogens is 889 g/mol. The van der Waals surface area contributed by atoms with Gasteiger partial charge in [0.05, 0.1) is 24.8 Å². The monoisotopic (exact) mass is 961 g/mol. The van der Waals surface area contributed by atoms with Gasteiger partial charge in [-0.1, -0.05) is 129 Å². The van der Waals surface area contributed by atoms with Crippen LogP contribution in [0.25, 0.3) is 21.5 Å². The van der Waals surface area contributed by atoms with Crippen molar-refractivity contribution in [1.29, 1.82) is 0 Å². The SMILES string of the molecule is C=CCO[C@@]12Oc3ccc(Oc4ccc5ccccc5c4)cc3[C@H]3[C@H](CCCCO)[C@@H](CCCCO)C=C(C(=NOC4CCCCO4)C[C@@H]1N(Cc1cccc4ccccc14)C(=O)CCC1CCCC1)[C@H]32. The maximum Gasteiger partial charge on any atom is 0.239 e. The first-order chi connectivity index (χ1) is 35.0. The molecule has 10 nitrogen and oxygen atoms in total. The van der Waals surface area contributed by atoms with Gasteiger partial charge in [0.25, 0.3) is 0 Å². The second kappa shape index (κ2) is 22.9. The van der Waals surface area contributed by atoms with Crippen LogP contribution < -0.4 is 9.47 Å². The summed E-state index contributed by atoms with van der Waals surface area (Å²) in [5.74, 6) is 0.901. The Morgan fingerprint density at radius 2 is 1.55 bits per heavy atom. The number of unbranched alkanes of at least 4 members (excludes halogenated alkanes) is 2. The van der Waals surface area contributed by atoms with Crippen molar-refractivity contribution < 1.29 is 38.8 Å². The maximum atomic E-state index is 15.6. The maximum absolute atomic E-state index is 15.6. The molecule has 0 aromatic heterocycles. The molecule has 3 fully saturated rings. The summed E-state index contributed by atoms with van der Waals surface area (Å²) in [7, 11) is 0. The van der Waals surface area contributed by atoms with E-state index < -0.39 is 24.0 Å². The average molecular weight is 961 g/mol. The number of allylic oxidation sites excluding steroid dienone is 1. The predicted molar refractivity (Wildman–Crippen MR) is 279 cm³/mol. The first-order valence-electron chi connectivity index (χ1n) is 26.7. The van der Waals surface area contributed by atoms with Crippen LogP contribution in [0.5, 0.6) is 17.2 Å². The van der Waals surface area contributed by atoms with Gasteiger partial charge in [0.15, 0.2) is 0 Å². The number of aliphatic hydroxyl groups excluding tert-OH is 2. The van der Waals surface area contributed by atoms with Crippen molar-refractivity contribution in [1.82, 2.24) is 4.90 Å². The third kappa shape index (κ3) is 10.7. The molecule has 10 rings (SSSR count). The molecule has 5 aromatic carbocycles. The Labute approximate surface area is 419 Å². The van der Waals surface area contributed by atoms with Crippen LogP contribution >= 0.6 is 0 Å². The van der Waals surface area contributed by atoms with Crippen molar-refractivity contribution in [2.45, 2.75) is 133 Å². The van der Waals surface area contributed by atoms with Gasteiger partial charge in [0, 0.05) is 50.5 Å². The number of carbonyl (C=O) groups is 1. The van der Waals surface area contributed by atoms with Crippen molar-refractivity contribution in [3.05, 3.63) is 139 Å². The Bertz CT molecular complexity index is 2680. The van der Waals surface area contributed by atoms with E-state index in [1.165, 1.54) is 12.8 Å². The zero-order chi connectivity index (χ0) is 48.6. The summed E-state index contributed by atoms with van der Waals surface area (Å²) >= 11 is 0. The third-order valence-electron chi connectivity index (χ3n) is 16.2. The van der Waals surface area contributed by atoms with E-state index in [9.17, 15) is 10.2 Å². The molecule has 0 bridgehead atoms. The van der Waals surface area contributed by atoms with Gasteiger partial charge in [-0.25, -0.2) is 0 Å². The smallest absolute Gasteiger partial charge is 0.239 e. The van der Waals surface area contributed by atoms with Crippen LogP contribution in [0.3, 0.4) is 0 Å². The van der Waals surface area contributed by atoms with Crippen LogP contribution in [0.4, 0.5) is 0 Å². The van der Waals surface area contributed by atoms with E-state index in [1.807, 2.05) is 30.3 Å². The van der Waals surface area contributed by atoms with Crippen molar-refractivity contribution in [3.8, 4) is 17.2 Å². The van der Waals surface area contributed by atoms with Crippen LogP contribution in [-0.4, -0.2) is 71.3 Å². The molecule has 1 unspecified atom stereocenters. The predicted octanol–water partition coefficient (Wildman–Crippen LogP) is 12.9. The zero-order valence-corrected chi connectivity index (χ0v) is 41.3. The van der Waals surface area contributed by atoms with Crippen LogP contribution in [0.15, 0.2) is 133 Å². The number of aliphatic hydroxyl groups is 2. The molecule has 1 amide bonds. The number of benzene rings is 5. The summed E-state index contributed by atoms with van der Waals surface area (Å²) in [5, 5.41) is 29.9. The fraction of sp³-hybridized carbons (Fsp3) is 0.475. The Hall–Kier alpha value is -5.52. The molecule has 5 aromatic rings. The Kier molecular flexibility index (Phi) is 15.8. The Morgan fingerprint density at radius 3 is 2.35 bits per heavy atom. The van der Waals surface area contributed by atoms with Crippen molar-refractivity contribution >= 4 is 33.2 Å². The minimum absolute atomic E-state index is 0.0713. The van der Waals surface area contributed by atoms with E-state index in [4.69, 9.17) is 28.9 Å². The summed E-state index contributed by atoms with van der Waals surface area (Å²) in [4.78, 5) is 24.1. The lowest BCUT2D eigenvalue weighted by Crippen LogP contribution is -2.70. The third-order valence-corrected chi connectivity index (χ3v) is 16.2. The first-order valence-corrected chi connectivity index (χ1v) is 26.7. The number of rotatable bonds is 21. The molecule has 0 radical (unpaired) electrons. The van der Waals surface area contributed by atoms with Crippen molar-refractivity contribution in [2.75, 3.05) is 26.4 Å². The molecule has 2 heterocycles. The summed E-state index contributed by atoms with van der Waals surface area (Å²) in [6.07, 6.45) is 17.5. The van der Waals surface area contributed by atoms with Crippen LogP contribution in [0, 0.1) is 23.7 Å². The molecule has 71 heavy (non-hydrogen) atoms. The van der Waals surface area contributed by atoms with E-state index in [2.05, 4.69) is 90.4 Å². The highest BCUT2D eigenvalue weighted by Crippen LogP contribution is 2.62. The molecule has 0 spiro atoms. The van der Waals surface area contributed by atoms with Crippen LogP contribution in [0.1, 0.15) is 120 Å². The van der Waals surface area contributed by atoms with Crippen LogP contribution in [0.2, 0.25) is 0 Å². The molecule has 7 atom stereocenters. The molecule has 1 saturated heterocycles. The molecule has 10 heteroatoms. The van der Waals surface area contributed by atoms with Gasteiger partial charge in [-0.3, -0.25) is 4.79 Å². The van der Waals surface area contributed by atoms with Crippen LogP contribution in [-0.2, 0) is 25.7 Å². The number of amides is 1. The largest absolute Gasteiger partial charge is 0.459 e. The highest BCUT2D eigenvalue weighted by atomic mass is 16.8. The summed E-state index contributed by atoms with van der Waals surface area (Å²) in [6, 6.07) is 34.8. The van der Waals surface area contributed by atoms with Gasteiger partial charge in [-0.15, -0.1) is 6.58 Å². The number of nitrogens with zero attached hydrogens (tertiary/aromatic N) is 2. The van der Waals surface area contributed by atoms with Gasteiger partial charge in [-0.2, -0.15) is 0 Å². The molecule has 3 aliphatic carbocycles. The van der Waals surface area contributed by atoms with E-state index in [1.54, 1.807) is 6.08 Å². The van der Waals surface area contributed by atoms with Gasteiger partial charge in [-0.05, 0) is 126 Å². The average Bonchev–Trinajstić information content (AvgIpc) is 3.94. The topological polar surface area (TPSA) is 119 Å². The summed E-state index contributed by atoms with van der Waals surface area (Å²) in [5.41, 5.74) is 3.86. The molecule has 374 valence electrons. The molecule has 5 aliphatic rings. The fourth-order valence-electron chi connectivity index (χ4n) is 12.8. The number of fused-ring (bicyclic) bond motifs is 4. The zero-order valence-electron chi connectivity index (χ0n) is 41.3. The number of hydrogen-bond donors (Lipinski definition) is 2.